The number of benzene rings is 1. The Balaban J connectivity index is 0.000000765. The molecule has 0 bridgehead atoms. The number of H-pyrrole nitrogens is 1. The number of nitrogens with zero attached hydrogens (tertiary/aromatic N) is 1. The van der Waals surface area contributed by atoms with E-state index in [9.17, 15) is 9.59 Å². The Bertz CT molecular complexity index is 764. The summed E-state index contributed by atoms with van der Waals surface area (Å²) in [6.45, 7) is 7.78. The average molecular weight is 360 g/mol. The summed E-state index contributed by atoms with van der Waals surface area (Å²) >= 11 is 0. The molecule has 1 unspecified atom stereocenters. The number of hydrogen-bond donors (Lipinski definition) is 1. The minimum atomic E-state index is -0.257. The summed E-state index contributed by atoms with van der Waals surface area (Å²) in [6, 6.07) is 7.20. The zero-order chi connectivity index (χ0) is 19.4. The lowest BCUT2D eigenvalue weighted by molar-refractivity contribution is -0.145. The van der Waals surface area contributed by atoms with Gasteiger partial charge in [-0.05, 0) is 52.2 Å². The Labute approximate surface area is 154 Å². The van der Waals surface area contributed by atoms with Crippen LogP contribution in [0, 0.1) is 0 Å². The van der Waals surface area contributed by atoms with Crippen molar-refractivity contribution in [1.82, 2.24) is 10.2 Å². The molecular formula is C20H28N2O4. The van der Waals surface area contributed by atoms with Crippen LogP contribution in [0.25, 0.3) is 10.8 Å². The fraction of sp³-hybridized carbons (Fsp3) is 0.450. The van der Waals surface area contributed by atoms with E-state index in [4.69, 9.17) is 9.47 Å². The minimum Gasteiger partial charge on any atom is -0.476 e. The number of ether oxygens (including phenoxy) is 2. The first kappa shape index (κ1) is 21.4. The van der Waals surface area contributed by atoms with E-state index in [-0.39, 0.29) is 17.6 Å². The van der Waals surface area contributed by atoms with Crippen molar-refractivity contribution in [3.8, 4) is 5.88 Å². The minimum absolute atomic E-state index is 0.0791. The predicted octanol–water partition coefficient (Wildman–Crippen LogP) is 4.01. The van der Waals surface area contributed by atoms with E-state index in [1.165, 1.54) is 6.92 Å². The van der Waals surface area contributed by atoms with Gasteiger partial charge < -0.3 is 9.47 Å². The van der Waals surface area contributed by atoms with Crippen LogP contribution >= 0.6 is 0 Å². The Hall–Kier alpha value is -2.63. The number of aromatic nitrogens is 2. The third-order valence-corrected chi connectivity index (χ3v) is 3.61. The maximum Gasteiger partial charge on any atom is 0.302 e. The van der Waals surface area contributed by atoms with E-state index in [0.717, 1.165) is 19.3 Å². The van der Waals surface area contributed by atoms with E-state index in [2.05, 4.69) is 10.2 Å². The summed E-state index contributed by atoms with van der Waals surface area (Å²) in [5, 5.41) is 7.66. The van der Waals surface area contributed by atoms with Crippen LogP contribution in [0.5, 0.6) is 5.88 Å². The molecule has 1 aromatic heterocycles. The number of allylic oxidation sites excluding steroid dienone is 2. The molecule has 0 aliphatic heterocycles. The molecule has 1 atom stereocenters. The van der Waals surface area contributed by atoms with Gasteiger partial charge in [0.15, 0.2) is 0 Å². The molecule has 2 rings (SSSR count). The Kier molecular flexibility index (Phi) is 9.75. The molecule has 0 saturated carbocycles. The lowest BCUT2D eigenvalue weighted by Gasteiger charge is -2.11. The highest BCUT2D eigenvalue weighted by molar-refractivity contribution is 5.85. The monoisotopic (exact) mass is 360 g/mol. The number of hydrogen-bond acceptors (Lipinski definition) is 5. The topological polar surface area (TPSA) is 81.3 Å². The second kappa shape index (κ2) is 11.8. The Morgan fingerprint density at radius 1 is 1.19 bits per heavy atom. The van der Waals surface area contributed by atoms with E-state index in [0.29, 0.717) is 23.3 Å². The quantitative estimate of drug-likeness (QED) is 0.458. The van der Waals surface area contributed by atoms with E-state index in [1.807, 2.05) is 45.1 Å². The number of unbranched alkanes of at least 4 members (excludes halogenated alkanes) is 1. The molecule has 0 amide bonds. The van der Waals surface area contributed by atoms with Gasteiger partial charge in [0.25, 0.3) is 5.56 Å². The van der Waals surface area contributed by atoms with Crippen molar-refractivity contribution < 1.29 is 14.3 Å². The fourth-order valence-electron chi connectivity index (χ4n) is 2.24. The van der Waals surface area contributed by atoms with E-state index >= 15 is 0 Å². The Morgan fingerprint density at radius 2 is 1.85 bits per heavy atom. The molecule has 0 aliphatic rings. The van der Waals surface area contributed by atoms with Crippen molar-refractivity contribution in [2.24, 2.45) is 0 Å². The molecule has 2 aromatic rings. The lowest BCUT2D eigenvalue weighted by Crippen LogP contribution is -2.13. The molecule has 0 saturated heterocycles. The highest BCUT2D eigenvalue weighted by atomic mass is 16.5. The first-order valence-electron chi connectivity index (χ1n) is 8.84. The number of aromatic amines is 1. The summed E-state index contributed by atoms with van der Waals surface area (Å²) < 4.78 is 10.7. The van der Waals surface area contributed by atoms with Gasteiger partial charge in [0, 0.05) is 6.92 Å². The van der Waals surface area contributed by atoms with Crippen LogP contribution in [0.15, 0.2) is 41.2 Å². The maximum atomic E-state index is 11.7. The van der Waals surface area contributed by atoms with Gasteiger partial charge in [-0.1, -0.05) is 24.3 Å². The Morgan fingerprint density at radius 3 is 2.46 bits per heavy atom. The molecule has 1 N–H and O–H groups in total. The standard InChI is InChI=1S/C16H20N2O4.C4H8/c1-11(22-12(2)19)7-5-6-10-21-16-14-9-4-3-8-13(14)15(20)17-18-16;1-3-4-2/h3-4,8-9,11H,5-7,10H2,1-2H3,(H,17,20);3-4H,1-2H3/b;4-3-. The fourth-order valence-corrected chi connectivity index (χ4v) is 2.24. The number of esters is 1. The number of nitrogens with one attached hydrogen (secondary N) is 1. The smallest absolute Gasteiger partial charge is 0.302 e. The molecule has 6 nitrogen and oxygen atoms in total. The lowest BCUT2D eigenvalue weighted by atomic mass is 10.2. The SMILES string of the molecule is C/C=C\C.CC(=O)OC(C)CCCCOc1n[nH]c(=O)c2ccccc12. The summed E-state index contributed by atoms with van der Waals surface area (Å²) in [5.74, 6) is 0.177. The first-order chi connectivity index (χ1) is 12.5. The van der Waals surface area contributed by atoms with Crippen molar-refractivity contribution in [1.29, 1.82) is 0 Å². The van der Waals surface area contributed by atoms with Crippen LogP contribution in [0.2, 0.25) is 0 Å². The van der Waals surface area contributed by atoms with Gasteiger partial charge in [0.05, 0.1) is 23.5 Å². The van der Waals surface area contributed by atoms with E-state index < -0.39 is 0 Å². The van der Waals surface area contributed by atoms with Gasteiger partial charge in [0.1, 0.15) is 0 Å². The normalized spacial score (nSPS) is 11.7. The highest BCUT2D eigenvalue weighted by Crippen LogP contribution is 2.19. The molecule has 1 aromatic carbocycles. The largest absolute Gasteiger partial charge is 0.476 e. The zero-order valence-electron chi connectivity index (χ0n) is 16.0. The summed E-state index contributed by atoms with van der Waals surface area (Å²) in [6.07, 6.45) is 6.42. The molecule has 26 heavy (non-hydrogen) atoms. The first-order valence-corrected chi connectivity index (χ1v) is 8.84. The molecule has 0 spiro atoms. The molecular weight excluding hydrogens is 332 g/mol. The average Bonchev–Trinajstić information content (AvgIpc) is 2.63. The number of rotatable bonds is 7. The number of carbonyl (C=O) groups is 1. The second-order valence-corrected chi connectivity index (χ2v) is 5.83. The van der Waals surface area contributed by atoms with Crippen molar-refractivity contribution in [3.63, 3.8) is 0 Å². The molecule has 1 heterocycles. The van der Waals surface area contributed by atoms with Crippen molar-refractivity contribution in [3.05, 3.63) is 46.8 Å². The van der Waals surface area contributed by atoms with Crippen LogP contribution in [0.1, 0.15) is 47.0 Å². The van der Waals surface area contributed by atoms with E-state index in [1.54, 1.807) is 12.1 Å². The zero-order valence-corrected chi connectivity index (χ0v) is 16.0. The van der Waals surface area contributed by atoms with Gasteiger partial charge >= 0.3 is 5.97 Å². The van der Waals surface area contributed by atoms with Crippen LogP contribution in [-0.2, 0) is 9.53 Å². The summed E-state index contributed by atoms with van der Waals surface area (Å²) in [4.78, 5) is 22.5. The molecule has 0 fully saturated rings. The molecule has 0 aliphatic carbocycles. The van der Waals surface area contributed by atoms with Crippen LogP contribution in [-0.4, -0.2) is 28.9 Å². The van der Waals surface area contributed by atoms with Crippen LogP contribution < -0.4 is 10.3 Å². The van der Waals surface area contributed by atoms with Crippen molar-refractivity contribution in [2.45, 2.75) is 53.1 Å². The highest BCUT2D eigenvalue weighted by Gasteiger charge is 2.07. The van der Waals surface area contributed by atoms with Gasteiger partial charge in [-0.3, -0.25) is 9.59 Å². The summed E-state index contributed by atoms with van der Waals surface area (Å²) in [5.41, 5.74) is -0.224. The molecule has 142 valence electrons. The van der Waals surface area contributed by atoms with Gasteiger partial charge in [-0.15, -0.1) is 5.10 Å². The molecule has 6 heteroatoms. The second-order valence-electron chi connectivity index (χ2n) is 5.83. The van der Waals surface area contributed by atoms with Crippen molar-refractivity contribution >= 4 is 16.7 Å². The summed E-state index contributed by atoms with van der Waals surface area (Å²) in [7, 11) is 0. The van der Waals surface area contributed by atoms with Crippen LogP contribution in [0.3, 0.4) is 0 Å². The van der Waals surface area contributed by atoms with Crippen molar-refractivity contribution in [2.75, 3.05) is 6.61 Å². The van der Waals surface area contributed by atoms with Crippen LogP contribution in [0.4, 0.5) is 0 Å². The maximum absolute atomic E-state index is 11.7. The number of fused-ring (bicyclic) bond motifs is 1. The third kappa shape index (κ3) is 7.51. The predicted molar refractivity (Wildman–Crippen MR) is 103 cm³/mol. The van der Waals surface area contributed by atoms with Gasteiger partial charge in [0.2, 0.25) is 5.88 Å². The van der Waals surface area contributed by atoms with Gasteiger partial charge in [-0.25, -0.2) is 5.10 Å². The van der Waals surface area contributed by atoms with Gasteiger partial charge in [-0.2, -0.15) is 0 Å². The number of carbonyl (C=O) groups excluding carboxylic acids is 1. The third-order valence-electron chi connectivity index (χ3n) is 3.61. The molecule has 0 radical (unpaired) electrons.